The van der Waals surface area contributed by atoms with Gasteiger partial charge in [-0.05, 0) is 56.2 Å². The monoisotopic (exact) mass is 510 g/mol. The van der Waals surface area contributed by atoms with Gasteiger partial charge in [-0.3, -0.25) is 9.79 Å². The summed E-state index contributed by atoms with van der Waals surface area (Å²) >= 11 is 7.78. The van der Waals surface area contributed by atoms with E-state index in [2.05, 4.69) is 27.2 Å². The molecule has 0 spiro atoms. The lowest BCUT2D eigenvalue weighted by Gasteiger charge is -2.17. The van der Waals surface area contributed by atoms with Crippen LogP contribution in [0.3, 0.4) is 0 Å². The molecule has 0 saturated heterocycles. The molecule has 0 aromatic heterocycles. The van der Waals surface area contributed by atoms with Gasteiger partial charge in [-0.15, -0.1) is 24.0 Å². The van der Waals surface area contributed by atoms with Crippen molar-refractivity contribution in [1.29, 1.82) is 0 Å². The van der Waals surface area contributed by atoms with E-state index in [1.807, 2.05) is 11.8 Å². The lowest BCUT2D eigenvalue weighted by Crippen LogP contribution is -2.43. The standard InChI is InChI=1S/C18H27ClN4OS.HI/c1-20-18(23-15-9-10-16(12-15)25-2)21-11-3-4-17(24)22-14-7-5-13(19)6-8-14;/h5-8,15-16H,3-4,9-12H2,1-2H3,(H,22,24)(H2,20,21,23);1H. The lowest BCUT2D eigenvalue weighted by molar-refractivity contribution is -0.116. The van der Waals surface area contributed by atoms with Crippen molar-refractivity contribution in [3.8, 4) is 0 Å². The third-order valence-corrected chi connectivity index (χ3v) is 5.63. The van der Waals surface area contributed by atoms with Crippen molar-refractivity contribution in [2.45, 2.75) is 43.4 Å². The van der Waals surface area contributed by atoms with Crippen LogP contribution in [0.1, 0.15) is 32.1 Å². The first kappa shape index (κ1) is 23.4. The number of nitrogens with zero attached hydrogens (tertiary/aromatic N) is 1. The number of rotatable bonds is 7. The lowest BCUT2D eigenvalue weighted by atomic mass is 10.2. The number of amides is 1. The van der Waals surface area contributed by atoms with Crippen molar-refractivity contribution in [3.63, 3.8) is 0 Å². The minimum atomic E-state index is 0. The quantitative estimate of drug-likeness (QED) is 0.223. The SMILES string of the molecule is CN=C(NCCCC(=O)Nc1ccc(Cl)cc1)NC1CCC(SC)C1.I. The molecule has 146 valence electrons. The van der Waals surface area contributed by atoms with Gasteiger partial charge in [-0.25, -0.2) is 0 Å². The van der Waals surface area contributed by atoms with Gasteiger partial charge in [-0.1, -0.05) is 11.6 Å². The van der Waals surface area contributed by atoms with Crippen molar-refractivity contribution < 1.29 is 4.79 Å². The molecule has 2 atom stereocenters. The Bertz CT molecular complexity index is 585. The first-order valence-corrected chi connectivity index (χ1v) is 10.3. The van der Waals surface area contributed by atoms with Gasteiger partial charge >= 0.3 is 0 Å². The van der Waals surface area contributed by atoms with Crippen molar-refractivity contribution in [2.24, 2.45) is 4.99 Å². The molecule has 0 bridgehead atoms. The van der Waals surface area contributed by atoms with Gasteiger partial charge < -0.3 is 16.0 Å². The van der Waals surface area contributed by atoms with Crippen molar-refractivity contribution in [3.05, 3.63) is 29.3 Å². The molecule has 0 aliphatic heterocycles. The number of thioether (sulfide) groups is 1. The van der Waals surface area contributed by atoms with Crippen molar-refractivity contribution >= 4 is 64.9 Å². The van der Waals surface area contributed by atoms with E-state index in [0.717, 1.165) is 23.3 Å². The van der Waals surface area contributed by atoms with E-state index in [1.54, 1.807) is 31.3 Å². The van der Waals surface area contributed by atoms with Crippen LogP contribution in [0.25, 0.3) is 0 Å². The van der Waals surface area contributed by atoms with Gasteiger partial charge in [0.15, 0.2) is 5.96 Å². The molecular formula is C18H28ClIN4OS. The summed E-state index contributed by atoms with van der Waals surface area (Å²) in [6.07, 6.45) is 7.03. The van der Waals surface area contributed by atoms with E-state index >= 15 is 0 Å². The van der Waals surface area contributed by atoms with Crippen LogP contribution in [0.2, 0.25) is 5.02 Å². The summed E-state index contributed by atoms with van der Waals surface area (Å²) in [4.78, 5) is 16.2. The zero-order chi connectivity index (χ0) is 18.1. The van der Waals surface area contributed by atoms with E-state index in [0.29, 0.717) is 24.0 Å². The molecule has 0 radical (unpaired) electrons. The molecule has 1 fully saturated rings. The Kier molecular flexibility index (Phi) is 11.4. The number of hydrogen-bond donors (Lipinski definition) is 3. The maximum Gasteiger partial charge on any atom is 0.224 e. The summed E-state index contributed by atoms with van der Waals surface area (Å²) < 4.78 is 0. The highest BCUT2D eigenvalue weighted by Gasteiger charge is 2.24. The number of carbonyl (C=O) groups is 1. The molecule has 1 aliphatic carbocycles. The first-order chi connectivity index (χ1) is 12.1. The number of hydrogen-bond acceptors (Lipinski definition) is 3. The number of halogens is 2. The second kappa shape index (κ2) is 12.7. The summed E-state index contributed by atoms with van der Waals surface area (Å²) in [7, 11) is 1.78. The van der Waals surface area contributed by atoms with E-state index in [-0.39, 0.29) is 29.9 Å². The summed E-state index contributed by atoms with van der Waals surface area (Å²) in [5.74, 6) is 0.829. The van der Waals surface area contributed by atoms with Gasteiger partial charge in [0.05, 0.1) is 0 Å². The van der Waals surface area contributed by atoms with Crippen LogP contribution in [0.5, 0.6) is 0 Å². The first-order valence-electron chi connectivity index (χ1n) is 8.66. The van der Waals surface area contributed by atoms with Crippen molar-refractivity contribution in [1.82, 2.24) is 10.6 Å². The van der Waals surface area contributed by atoms with Gasteiger partial charge in [-0.2, -0.15) is 11.8 Å². The average molecular weight is 511 g/mol. The highest BCUT2D eigenvalue weighted by Crippen LogP contribution is 2.27. The Balaban J connectivity index is 0.00000338. The third-order valence-electron chi connectivity index (χ3n) is 4.28. The minimum absolute atomic E-state index is 0. The summed E-state index contributed by atoms with van der Waals surface area (Å²) in [5, 5.41) is 11.0. The summed E-state index contributed by atoms with van der Waals surface area (Å²) in [6.45, 7) is 0.715. The molecule has 3 N–H and O–H groups in total. The molecule has 1 amide bonds. The fourth-order valence-corrected chi connectivity index (χ4v) is 3.81. The van der Waals surface area contributed by atoms with E-state index in [1.165, 1.54) is 19.3 Å². The van der Waals surface area contributed by atoms with Gasteiger partial charge in [0.25, 0.3) is 0 Å². The van der Waals surface area contributed by atoms with Crippen LogP contribution in [-0.4, -0.2) is 43.0 Å². The predicted octanol–water partition coefficient (Wildman–Crippen LogP) is 4.13. The second-order valence-corrected chi connectivity index (χ2v) is 7.74. The zero-order valence-electron chi connectivity index (χ0n) is 15.3. The molecule has 1 aromatic carbocycles. The molecule has 0 heterocycles. The zero-order valence-corrected chi connectivity index (χ0v) is 19.2. The van der Waals surface area contributed by atoms with E-state index in [9.17, 15) is 4.79 Å². The molecule has 5 nitrogen and oxygen atoms in total. The average Bonchev–Trinajstić information content (AvgIpc) is 3.07. The Hall–Kier alpha value is -0.670. The van der Waals surface area contributed by atoms with Crippen molar-refractivity contribution in [2.75, 3.05) is 25.2 Å². The number of benzene rings is 1. The molecule has 8 heteroatoms. The fourth-order valence-electron chi connectivity index (χ4n) is 2.89. The number of guanidine groups is 1. The Morgan fingerprint density at radius 1 is 1.31 bits per heavy atom. The van der Waals surface area contributed by atoms with Crippen LogP contribution in [0.4, 0.5) is 5.69 Å². The molecule has 2 unspecified atom stereocenters. The topological polar surface area (TPSA) is 65.5 Å². The summed E-state index contributed by atoms with van der Waals surface area (Å²) in [6, 6.07) is 7.62. The van der Waals surface area contributed by atoms with Gasteiger partial charge in [0.2, 0.25) is 5.91 Å². The second-order valence-electron chi connectivity index (χ2n) is 6.17. The Morgan fingerprint density at radius 3 is 2.65 bits per heavy atom. The van der Waals surface area contributed by atoms with Crippen LogP contribution in [0.15, 0.2) is 29.3 Å². The maximum absolute atomic E-state index is 11.9. The molecule has 1 aromatic rings. The predicted molar refractivity (Wildman–Crippen MR) is 124 cm³/mol. The van der Waals surface area contributed by atoms with Crippen LogP contribution in [0, 0.1) is 0 Å². The number of anilines is 1. The number of carbonyl (C=O) groups excluding carboxylic acids is 1. The largest absolute Gasteiger partial charge is 0.356 e. The molecule has 26 heavy (non-hydrogen) atoms. The fraction of sp³-hybridized carbons (Fsp3) is 0.556. The van der Waals surface area contributed by atoms with Gasteiger partial charge in [0.1, 0.15) is 0 Å². The van der Waals surface area contributed by atoms with Crippen LogP contribution >= 0.6 is 47.3 Å². The maximum atomic E-state index is 11.9. The molecule has 2 rings (SSSR count). The van der Waals surface area contributed by atoms with E-state index < -0.39 is 0 Å². The van der Waals surface area contributed by atoms with Crippen LogP contribution < -0.4 is 16.0 Å². The minimum Gasteiger partial charge on any atom is -0.356 e. The third kappa shape index (κ3) is 8.35. The van der Waals surface area contributed by atoms with Crippen LogP contribution in [-0.2, 0) is 4.79 Å². The molecule has 1 saturated carbocycles. The summed E-state index contributed by atoms with van der Waals surface area (Å²) in [5.41, 5.74) is 0.768. The number of aliphatic imine (C=N–C) groups is 1. The highest BCUT2D eigenvalue weighted by atomic mass is 127. The highest BCUT2D eigenvalue weighted by molar-refractivity contribution is 14.0. The smallest absolute Gasteiger partial charge is 0.224 e. The molecule has 1 aliphatic rings. The number of nitrogens with one attached hydrogen (secondary N) is 3. The Morgan fingerprint density at radius 2 is 2.04 bits per heavy atom. The normalized spacial score (nSPS) is 19.6. The van der Waals surface area contributed by atoms with Gasteiger partial charge in [0, 0.05) is 42.0 Å². The van der Waals surface area contributed by atoms with E-state index in [4.69, 9.17) is 11.6 Å². The Labute approximate surface area is 182 Å². The molecular weight excluding hydrogens is 483 g/mol.